The zero-order valence-corrected chi connectivity index (χ0v) is 12.9. The summed E-state index contributed by atoms with van der Waals surface area (Å²) in [7, 11) is 4.09. The second kappa shape index (κ2) is 7.65. The second-order valence-electron chi connectivity index (χ2n) is 5.85. The fourth-order valence-electron chi connectivity index (χ4n) is 2.54. The number of aromatic nitrogens is 2. The van der Waals surface area contributed by atoms with E-state index in [-0.39, 0.29) is 6.10 Å². The molecule has 7 nitrogen and oxygen atoms in total. The number of nitrogen functional groups attached to an aromatic ring is 1. The van der Waals surface area contributed by atoms with E-state index in [2.05, 4.69) is 26.8 Å². The zero-order valence-electron chi connectivity index (χ0n) is 12.9. The van der Waals surface area contributed by atoms with E-state index in [4.69, 9.17) is 5.73 Å². The van der Waals surface area contributed by atoms with Crippen LogP contribution in [0.25, 0.3) is 0 Å². The molecule has 0 amide bonds. The molecule has 118 valence electrons. The Balaban J connectivity index is 1.73. The molecule has 2 heterocycles. The summed E-state index contributed by atoms with van der Waals surface area (Å²) in [5.74, 6) is 1.16. The molecule has 1 aliphatic rings. The van der Waals surface area contributed by atoms with Crippen molar-refractivity contribution in [3.63, 3.8) is 0 Å². The monoisotopic (exact) mass is 294 g/mol. The third-order valence-electron chi connectivity index (χ3n) is 3.73. The predicted molar refractivity (Wildman–Crippen MR) is 82.7 cm³/mol. The summed E-state index contributed by atoms with van der Waals surface area (Å²) >= 11 is 0. The van der Waals surface area contributed by atoms with Crippen LogP contribution in [0.4, 0.5) is 5.82 Å². The normalized spacial score (nSPS) is 19.0. The van der Waals surface area contributed by atoms with E-state index in [0.29, 0.717) is 24.7 Å². The molecule has 0 radical (unpaired) electrons. The van der Waals surface area contributed by atoms with Crippen LogP contribution in [0.15, 0.2) is 12.3 Å². The van der Waals surface area contributed by atoms with Crippen LogP contribution in [-0.4, -0.2) is 89.2 Å². The van der Waals surface area contributed by atoms with Gasteiger partial charge < -0.3 is 15.7 Å². The number of aliphatic hydroxyl groups excluding tert-OH is 1. The lowest BCUT2D eigenvalue weighted by Crippen LogP contribution is -2.48. The van der Waals surface area contributed by atoms with E-state index in [1.807, 2.05) is 11.9 Å². The van der Waals surface area contributed by atoms with Crippen molar-refractivity contribution in [3.8, 4) is 0 Å². The summed E-state index contributed by atoms with van der Waals surface area (Å²) < 4.78 is 0. The Bertz CT molecular complexity index is 435. The van der Waals surface area contributed by atoms with Gasteiger partial charge in [-0.2, -0.15) is 0 Å². The highest BCUT2D eigenvalue weighted by Gasteiger charge is 2.18. The Kier molecular flexibility index (Phi) is 5.86. The van der Waals surface area contributed by atoms with E-state index >= 15 is 0 Å². The van der Waals surface area contributed by atoms with E-state index < -0.39 is 0 Å². The lowest BCUT2D eigenvalue weighted by molar-refractivity contribution is 0.0589. The first-order valence-electron chi connectivity index (χ1n) is 7.38. The van der Waals surface area contributed by atoms with Gasteiger partial charge in [0, 0.05) is 45.5 Å². The number of nitrogens with two attached hydrogens (primary N) is 1. The average molecular weight is 294 g/mol. The Morgan fingerprint density at radius 1 is 1.38 bits per heavy atom. The fraction of sp³-hybridized carbons (Fsp3) is 0.714. The molecule has 0 bridgehead atoms. The average Bonchev–Trinajstić information content (AvgIpc) is 2.41. The standard InChI is InChI=1S/C14H26N6O/c1-18-5-7-20(8-6-18)10-12(21)9-19(2)11-14-16-4-3-13(15)17-14/h3-4,12,21H,5-11H2,1-2H3,(H2,15,16,17). The van der Waals surface area contributed by atoms with Crippen LogP contribution in [-0.2, 0) is 6.54 Å². The second-order valence-corrected chi connectivity index (χ2v) is 5.85. The number of nitrogens with zero attached hydrogens (tertiary/aromatic N) is 5. The van der Waals surface area contributed by atoms with Crippen molar-refractivity contribution in [3.05, 3.63) is 18.1 Å². The topological polar surface area (TPSA) is 81.8 Å². The van der Waals surface area contributed by atoms with Crippen LogP contribution in [0, 0.1) is 0 Å². The number of hydrogen-bond donors (Lipinski definition) is 2. The molecular formula is C14H26N6O. The quantitative estimate of drug-likeness (QED) is 0.703. The van der Waals surface area contributed by atoms with E-state index in [1.54, 1.807) is 12.3 Å². The molecule has 21 heavy (non-hydrogen) atoms. The molecule has 0 saturated carbocycles. The van der Waals surface area contributed by atoms with Crippen molar-refractivity contribution in [2.24, 2.45) is 0 Å². The molecule has 1 atom stereocenters. The predicted octanol–water partition coefficient (Wildman–Crippen LogP) is -0.901. The molecule has 0 spiro atoms. The van der Waals surface area contributed by atoms with Crippen LogP contribution in [0.3, 0.4) is 0 Å². The first-order valence-corrected chi connectivity index (χ1v) is 7.38. The molecule has 2 rings (SSSR count). The lowest BCUT2D eigenvalue weighted by Gasteiger charge is -2.34. The van der Waals surface area contributed by atoms with Gasteiger partial charge in [0.1, 0.15) is 11.6 Å². The number of rotatable bonds is 6. The Morgan fingerprint density at radius 3 is 2.76 bits per heavy atom. The van der Waals surface area contributed by atoms with Gasteiger partial charge in [-0.1, -0.05) is 0 Å². The summed E-state index contributed by atoms with van der Waals surface area (Å²) in [4.78, 5) is 15.0. The summed E-state index contributed by atoms with van der Waals surface area (Å²) in [6, 6.07) is 1.67. The highest BCUT2D eigenvalue weighted by atomic mass is 16.3. The highest BCUT2D eigenvalue weighted by Crippen LogP contribution is 2.04. The van der Waals surface area contributed by atoms with Gasteiger partial charge in [-0.25, -0.2) is 9.97 Å². The smallest absolute Gasteiger partial charge is 0.144 e. The van der Waals surface area contributed by atoms with Crippen LogP contribution in [0.2, 0.25) is 0 Å². The largest absolute Gasteiger partial charge is 0.390 e. The van der Waals surface area contributed by atoms with Gasteiger partial charge in [0.15, 0.2) is 0 Å². The minimum atomic E-state index is -0.362. The van der Waals surface area contributed by atoms with Crippen LogP contribution >= 0.6 is 0 Å². The van der Waals surface area contributed by atoms with Gasteiger partial charge in [0.2, 0.25) is 0 Å². The molecule has 7 heteroatoms. The summed E-state index contributed by atoms with van der Waals surface area (Å²) in [6.07, 6.45) is 1.30. The van der Waals surface area contributed by atoms with Crippen molar-refractivity contribution in [1.82, 2.24) is 24.7 Å². The van der Waals surface area contributed by atoms with Crippen LogP contribution < -0.4 is 5.73 Å². The molecule has 1 aromatic heterocycles. The van der Waals surface area contributed by atoms with Crippen molar-refractivity contribution >= 4 is 5.82 Å². The van der Waals surface area contributed by atoms with Gasteiger partial charge in [-0.05, 0) is 20.2 Å². The van der Waals surface area contributed by atoms with Gasteiger partial charge in [-0.15, -0.1) is 0 Å². The van der Waals surface area contributed by atoms with E-state index in [0.717, 1.165) is 32.7 Å². The van der Waals surface area contributed by atoms with Crippen molar-refractivity contribution < 1.29 is 5.11 Å². The van der Waals surface area contributed by atoms with Crippen molar-refractivity contribution in [2.45, 2.75) is 12.6 Å². The fourth-order valence-corrected chi connectivity index (χ4v) is 2.54. The molecule has 1 fully saturated rings. The molecule has 1 unspecified atom stereocenters. The maximum Gasteiger partial charge on any atom is 0.144 e. The molecule has 1 aliphatic heterocycles. The number of piperazine rings is 1. The number of anilines is 1. The minimum Gasteiger partial charge on any atom is -0.390 e. The zero-order chi connectivity index (χ0) is 15.2. The van der Waals surface area contributed by atoms with Gasteiger partial charge in [0.05, 0.1) is 12.6 Å². The Morgan fingerprint density at radius 2 is 2.10 bits per heavy atom. The first-order chi connectivity index (χ1) is 10.0. The van der Waals surface area contributed by atoms with Crippen molar-refractivity contribution in [1.29, 1.82) is 0 Å². The molecule has 1 aromatic rings. The minimum absolute atomic E-state index is 0.362. The summed E-state index contributed by atoms with van der Waals surface area (Å²) in [5.41, 5.74) is 5.64. The number of hydrogen-bond acceptors (Lipinski definition) is 7. The Labute approximate surface area is 126 Å². The maximum absolute atomic E-state index is 10.2. The molecular weight excluding hydrogens is 268 g/mol. The summed E-state index contributed by atoms with van der Waals surface area (Å²) in [5, 5.41) is 10.2. The number of likely N-dealkylation sites (N-methyl/N-ethyl adjacent to an activating group) is 2. The molecule has 3 N–H and O–H groups in total. The van der Waals surface area contributed by atoms with E-state index in [1.165, 1.54) is 0 Å². The number of β-amino-alcohol motifs (C(OH)–C–C–N with tert-alkyl or cyclic N) is 1. The third-order valence-corrected chi connectivity index (χ3v) is 3.73. The number of aliphatic hydroxyl groups is 1. The molecule has 0 aromatic carbocycles. The molecule has 1 saturated heterocycles. The first kappa shape index (κ1) is 16.1. The molecule has 0 aliphatic carbocycles. The van der Waals surface area contributed by atoms with Gasteiger partial charge in [-0.3, -0.25) is 9.80 Å². The lowest BCUT2D eigenvalue weighted by atomic mass is 10.2. The van der Waals surface area contributed by atoms with Gasteiger partial charge in [0.25, 0.3) is 0 Å². The maximum atomic E-state index is 10.2. The van der Waals surface area contributed by atoms with Gasteiger partial charge >= 0.3 is 0 Å². The Hall–Kier alpha value is -1.28. The summed E-state index contributed by atoms with van der Waals surface area (Å²) in [6.45, 7) is 6.09. The van der Waals surface area contributed by atoms with Crippen LogP contribution in [0.1, 0.15) is 5.82 Å². The SMILES string of the molecule is CN1CCN(CC(O)CN(C)Cc2nccc(N)n2)CC1. The third kappa shape index (κ3) is 5.55. The van der Waals surface area contributed by atoms with Crippen molar-refractivity contribution in [2.75, 3.05) is 59.1 Å². The van der Waals surface area contributed by atoms with Crippen LogP contribution in [0.5, 0.6) is 0 Å². The highest BCUT2D eigenvalue weighted by molar-refractivity contribution is 5.24. The van der Waals surface area contributed by atoms with E-state index in [9.17, 15) is 5.11 Å².